The largest absolute Gasteiger partial charge is 0.573 e. The third kappa shape index (κ3) is 9.59. The van der Waals surface area contributed by atoms with E-state index in [1.165, 1.54) is 41.0 Å². The highest BCUT2D eigenvalue weighted by Crippen LogP contribution is 2.38. The van der Waals surface area contributed by atoms with Crippen LogP contribution in [0.25, 0.3) is 11.3 Å². The molecule has 1 unspecified atom stereocenters. The number of aromatic nitrogens is 6. The van der Waals surface area contributed by atoms with Gasteiger partial charge in [-0.2, -0.15) is 46.2 Å². The van der Waals surface area contributed by atoms with Crippen molar-refractivity contribution in [1.29, 1.82) is 0 Å². The van der Waals surface area contributed by atoms with Gasteiger partial charge < -0.3 is 36.1 Å². The summed E-state index contributed by atoms with van der Waals surface area (Å²) in [6.07, 6.45) is -4.39. The Balaban J connectivity index is 1.13. The Bertz CT molecular complexity index is 2600. The lowest BCUT2D eigenvalue weighted by Crippen LogP contribution is -2.37. The molecule has 2 aromatic carbocycles. The molecule has 0 saturated carbocycles. The number of rotatable bonds is 14. The molecule has 2 saturated heterocycles. The molecule has 4 aromatic heterocycles. The van der Waals surface area contributed by atoms with E-state index in [0.29, 0.717) is 61.2 Å². The summed E-state index contributed by atoms with van der Waals surface area (Å²) >= 11 is 0. The molecule has 2 aliphatic heterocycles. The molecule has 6 heterocycles. The average Bonchev–Trinajstić information content (AvgIpc) is 3.88. The highest BCUT2D eigenvalue weighted by atomic mass is 19.4. The Kier molecular flexibility index (Phi) is 12.7. The van der Waals surface area contributed by atoms with E-state index in [4.69, 9.17) is 4.74 Å². The van der Waals surface area contributed by atoms with Gasteiger partial charge in [-0.25, -0.2) is 4.98 Å². The molecular formula is C43H47F8N11O2. The van der Waals surface area contributed by atoms with Crippen molar-refractivity contribution in [3.05, 3.63) is 99.9 Å². The number of piperidine rings is 2. The second-order valence-corrected chi connectivity index (χ2v) is 16.3. The molecule has 2 atom stereocenters. The summed E-state index contributed by atoms with van der Waals surface area (Å²) in [7, 11) is 0. The zero-order chi connectivity index (χ0) is 45.3. The van der Waals surface area contributed by atoms with Gasteiger partial charge in [0.05, 0.1) is 18.0 Å². The number of alkyl halides is 6. The Hall–Kier alpha value is -5.96. The zero-order valence-corrected chi connectivity index (χ0v) is 35.1. The van der Waals surface area contributed by atoms with E-state index in [9.17, 15) is 26.3 Å². The number of halogens is 8. The molecule has 0 spiro atoms. The van der Waals surface area contributed by atoms with E-state index < -0.39 is 47.9 Å². The van der Waals surface area contributed by atoms with E-state index in [-0.39, 0.29) is 64.7 Å². The average molecular weight is 902 g/mol. The predicted octanol–water partition coefficient (Wildman–Crippen LogP) is 8.76. The Labute approximate surface area is 362 Å². The zero-order valence-electron chi connectivity index (χ0n) is 35.1. The lowest BCUT2D eigenvalue weighted by atomic mass is 9.94. The normalized spacial score (nSPS) is 17.0. The lowest BCUT2D eigenvalue weighted by Gasteiger charge is -2.25. The van der Waals surface area contributed by atoms with Crippen molar-refractivity contribution in [2.75, 3.05) is 42.1 Å². The van der Waals surface area contributed by atoms with Crippen LogP contribution in [0.5, 0.6) is 11.6 Å². The quantitative estimate of drug-likeness (QED) is 0.0671. The molecule has 0 bridgehead atoms. The molecule has 64 heavy (non-hydrogen) atoms. The highest BCUT2D eigenvalue weighted by Gasteiger charge is 2.35. The SMILES string of the molecule is CC(C)c1cnn2c(NCc3ccc(C(C)c4cnn5c(NCc6ccccc6C(F)(F)F)c(F)c(NC6CCNCC6)nc45)cc3OC(F)(F)F)c(F)c(O[C@H]3CCCNC3)nc12. The third-order valence-electron chi connectivity index (χ3n) is 11.5. The third-order valence-corrected chi connectivity index (χ3v) is 11.5. The molecule has 342 valence electrons. The summed E-state index contributed by atoms with van der Waals surface area (Å²) in [5, 5.41) is 24.0. The number of fused-ring (bicyclic) bond motifs is 2. The summed E-state index contributed by atoms with van der Waals surface area (Å²) in [6.45, 7) is 7.41. The Morgan fingerprint density at radius 3 is 2.12 bits per heavy atom. The maximum absolute atomic E-state index is 16.4. The number of hydrogen-bond acceptors (Lipinski definition) is 11. The minimum atomic E-state index is -5.11. The van der Waals surface area contributed by atoms with Gasteiger partial charge in [-0.1, -0.05) is 51.1 Å². The van der Waals surface area contributed by atoms with Crippen LogP contribution in [0.4, 0.5) is 52.6 Å². The Morgan fingerprint density at radius 2 is 1.45 bits per heavy atom. The van der Waals surface area contributed by atoms with Crippen LogP contribution in [0, 0.1) is 11.6 Å². The highest BCUT2D eigenvalue weighted by molar-refractivity contribution is 5.64. The fourth-order valence-electron chi connectivity index (χ4n) is 8.08. The number of ether oxygens (including phenoxy) is 2. The molecule has 2 fully saturated rings. The molecule has 0 amide bonds. The first-order valence-corrected chi connectivity index (χ1v) is 21.1. The molecule has 13 nitrogen and oxygen atoms in total. The van der Waals surface area contributed by atoms with Crippen LogP contribution in [-0.2, 0) is 19.3 Å². The smallest absolute Gasteiger partial charge is 0.471 e. The Morgan fingerprint density at radius 1 is 0.781 bits per heavy atom. The molecule has 21 heteroatoms. The van der Waals surface area contributed by atoms with Gasteiger partial charge >= 0.3 is 12.5 Å². The summed E-state index contributed by atoms with van der Waals surface area (Å²) < 4.78 is 129. The molecule has 0 aliphatic carbocycles. The summed E-state index contributed by atoms with van der Waals surface area (Å²) in [5.41, 5.74) is 0.847. The minimum absolute atomic E-state index is 0.0203. The van der Waals surface area contributed by atoms with E-state index >= 15 is 8.78 Å². The maximum atomic E-state index is 16.4. The van der Waals surface area contributed by atoms with Crippen LogP contribution in [0.1, 0.15) is 91.7 Å². The van der Waals surface area contributed by atoms with Gasteiger partial charge in [-0.05, 0) is 74.5 Å². The second kappa shape index (κ2) is 18.3. The fraction of sp³-hybridized carbons (Fsp3) is 0.442. The number of hydrogen-bond donors (Lipinski definition) is 5. The number of nitrogens with one attached hydrogen (secondary N) is 5. The number of benzene rings is 2. The molecule has 2 aliphatic rings. The molecule has 8 rings (SSSR count). The fourth-order valence-corrected chi connectivity index (χ4v) is 8.08. The minimum Gasteiger partial charge on any atom is -0.471 e. The first kappa shape index (κ1) is 44.6. The van der Waals surface area contributed by atoms with Gasteiger partial charge in [0.15, 0.2) is 28.7 Å². The first-order valence-electron chi connectivity index (χ1n) is 21.1. The van der Waals surface area contributed by atoms with Crippen molar-refractivity contribution in [1.82, 2.24) is 39.8 Å². The van der Waals surface area contributed by atoms with E-state index in [0.717, 1.165) is 23.5 Å². The first-order chi connectivity index (χ1) is 30.6. The topological polar surface area (TPSA) is 139 Å². The van der Waals surface area contributed by atoms with Crippen molar-refractivity contribution in [2.24, 2.45) is 0 Å². The van der Waals surface area contributed by atoms with Gasteiger partial charge in [0, 0.05) is 48.3 Å². The summed E-state index contributed by atoms with van der Waals surface area (Å²) in [5.74, 6) is -3.96. The van der Waals surface area contributed by atoms with Gasteiger partial charge in [0.25, 0.3) is 5.88 Å². The van der Waals surface area contributed by atoms with E-state index in [1.807, 2.05) is 13.8 Å². The van der Waals surface area contributed by atoms with Crippen LogP contribution in [0.15, 0.2) is 54.9 Å². The van der Waals surface area contributed by atoms with E-state index in [1.54, 1.807) is 19.2 Å². The monoisotopic (exact) mass is 901 g/mol. The van der Waals surface area contributed by atoms with Gasteiger partial charge in [0.1, 0.15) is 11.9 Å². The van der Waals surface area contributed by atoms with Crippen LogP contribution in [0.2, 0.25) is 0 Å². The number of nitrogens with zero attached hydrogens (tertiary/aromatic N) is 6. The van der Waals surface area contributed by atoms with Crippen LogP contribution >= 0.6 is 0 Å². The van der Waals surface area contributed by atoms with Crippen molar-refractivity contribution < 1.29 is 44.6 Å². The second-order valence-electron chi connectivity index (χ2n) is 16.3. The number of anilines is 3. The summed E-state index contributed by atoms with van der Waals surface area (Å²) in [6, 6.07) is 8.95. The van der Waals surface area contributed by atoms with Crippen molar-refractivity contribution in [3.8, 4) is 11.6 Å². The maximum Gasteiger partial charge on any atom is 0.573 e. The molecule has 5 N–H and O–H groups in total. The molecule has 0 radical (unpaired) electrons. The van der Waals surface area contributed by atoms with Crippen LogP contribution in [-0.4, -0.2) is 73.9 Å². The van der Waals surface area contributed by atoms with Crippen LogP contribution < -0.4 is 36.1 Å². The van der Waals surface area contributed by atoms with Gasteiger partial charge in [-0.3, -0.25) is 0 Å². The van der Waals surface area contributed by atoms with E-state index in [2.05, 4.69) is 51.5 Å². The molecule has 6 aromatic rings. The van der Waals surface area contributed by atoms with Crippen LogP contribution in [0.3, 0.4) is 0 Å². The van der Waals surface area contributed by atoms with Gasteiger partial charge in [0.2, 0.25) is 11.6 Å². The van der Waals surface area contributed by atoms with Crippen molar-refractivity contribution in [3.63, 3.8) is 0 Å². The predicted molar refractivity (Wildman–Crippen MR) is 223 cm³/mol. The summed E-state index contributed by atoms with van der Waals surface area (Å²) in [4.78, 5) is 9.06. The van der Waals surface area contributed by atoms with Crippen molar-refractivity contribution in [2.45, 2.75) is 96.1 Å². The van der Waals surface area contributed by atoms with Crippen molar-refractivity contribution >= 4 is 28.7 Å². The standard InChI is InChI=1S/C43H47F8N11O2/c1-23(2)30-21-56-61-37(30)60-41(63-29-8-6-14-53-20-29)35(45)40(61)55-19-27-11-10-25(17-33(27)64-43(49,50)51)24(3)31-22-57-62-38(31)59-36(58-28-12-15-52-16-13-28)34(44)39(62)54-18-26-7-4-5-9-32(26)42(46,47)48/h4-5,7,9-11,17,21-24,28-29,52-55H,6,8,12-16,18-20H2,1-3H3,(H,58,59)/t24?,29-/m0/s1. The molecular weight excluding hydrogens is 855 g/mol. The van der Waals surface area contributed by atoms with Gasteiger partial charge in [-0.15, -0.1) is 13.2 Å². The lowest BCUT2D eigenvalue weighted by molar-refractivity contribution is -0.274.